The standard InChI is InChI=1S/C17H27BO2/c1-12(2)10-14-11-13(3)8-9-15(14)18-19-16(4,5)17(6,7)20-18/h8-9,11-12H,10H2,1-7H3. The monoisotopic (exact) mass is 274 g/mol. The van der Waals surface area contributed by atoms with Crippen molar-refractivity contribution in [2.75, 3.05) is 0 Å². The Morgan fingerprint density at radius 2 is 1.60 bits per heavy atom. The normalized spacial score (nSPS) is 20.7. The van der Waals surface area contributed by atoms with E-state index in [0.717, 1.165) is 6.42 Å². The molecule has 0 amide bonds. The van der Waals surface area contributed by atoms with Gasteiger partial charge < -0.3 is 9.31 Å². The zero-order valence-electron chi connectivity index (χ0n) is 13.9. The van der Waals surface area contributed by atoms with Gasteiger partial charge in [-0.2, -0.15) is 0 Å². The van der Waals surface area contributed by atoms with Gasteiger partial charge in [-0.25, -0.2) is 0 Å². The van der Waals surface area contributed by atoms with Crippen molar-refractivity contribution < 1.29 is 9.31 Å². The number of aryl methyl sites for hydroxylation is 1. The van der Waals surface area contributed by atoms with Gasteiger partial charge in [0.1, 0.15) is 0 Å². The molecule has 0 spiro atoms. The molecule has 1 aliphatic heterocycles. The Morgan fingerprint density at radius 3 is 2.10 bits per heavy atom. The van der Waals surface area contributed by atoms with Gasteiger partial charge in [0, 0.05) is 0 Å². The van der Waals surface area contributed by atoms with E-state index in [1.54, 1.807) is 0 Å². The fraction of sp³-hybridized carbons (Fsp3) is 0.647. The lowest BCUT2D eigenvalue weighted by Crippen LogP contribution is -2.41. The third-order valence-corrected chi connectivity index (χ3v) is 4.43. The third-order valence-electron chi connectivity index (χ3n) is 4.43. The molecular formula is C17H27BO2. The van der Waals surface area contributed by atoms with E-state index in [9.17, 15) is 0 Å². The minimum absolute atomic E-state index is 0.255. The second-order valence-corrected chi connectivity index (χ2v) is 7.39. The van der Waals surface area contributed by atoms with Gasteiger partial charge in [0.05, 0.1) is 11.2 Å². The largest absolute Gasteiger partial charge is 0.495 e. The Hall–Kier alpha value is -0.795. The van der Waals surface area contributed by atoms with Gasteiger partial charge in [-0.1, -0.05) is 37.6 Å². The Balaban J connectivity index is 2.34. The zero-order valence-corrected chi connectivity index (χ0v) is 13.9. The van der Waals surface area contributed by atoms with Crippen molar-refractivity contribution in [1.82, 2.24) is 0 Å². The molecule has 1 aromatic rings. The van der Waals surface area contributed by atoms with Crippen LogP contribution >= 0.6 is 0 Å². The molecule has 1 aromatic carbocycles. The van der Waals surface area contributed by atoms with E-state index in [1.807, 2.05) is 0 Å². The molecule has 20 heavy (non-hydrogen) atoms. The highest BCUT2D eigenvalue weighted by molar-refractivity contribution is 6.62. The van der Waals surface area contributed by atoms with Crippen LogP contribution in [0.25, 0.3) is 0 Å². The molecule has 1 heterocycles. The maximum absolute atomic E-state index is 6.19. The SMILES string of the molecule is Cc1ccc(B2OC(C)(C)C(C)(C)O2)c(CC(C)C)c1. The number of rotatable bonds is 3. The molecule has 1 aliphatic rings. The Kier molecular flexibility index (Phi) is 4.05. The first kappa shape index (κ1) is 15.6. The van der Waals surface area contributed by atoms with Crippen LogP contribution in [0.5, 0.6) is 0 Å². The molecule has 110 valence electrons. The van der Waals surface area contributed by atoms with Crippen LogP contribution in [0.2, 0.25) is 0 Å². The van der Waals surface area contributed by atoms with E-state index in [1.165, 1.54) is 16.6 Å². The minimum Gasteiger partial charge on any atom is -0.399 e. The number of benzene rings is 1. The van der Waals surface area contributed by atoms with E-state index in [2.05, 4.69) is 66.7 Å². The van der Waals surface area contributed by atoms with Crippen molar-refractivity contribution in [2.24, 2.45) is 5.92 Å². The van der Waals surface area contributed by atoms with Crippen molar-refractivity contribution >= 4 is 12.6 Å². The molecule has 2 rings (SSSR count). The van der Waals surface area contributed by atoms with Crippen molar-refractivity contribution in [1.29, 1.82) is 0 Å². The Bertz CT molecular complexity index is 476. The fourth-order valence-corrected chi connectivity index (χ4v) is 2.55. The first-order valence-corrected chi connectivity index (χ1v) is 7.57. The fourth-order valence-electron chi connectivity index (χ4n) is 2.55. The number of hydrogen-bond acceptors (Lipinski definition) is 2. The lowest BCUT2D eigenvalue weighted by Gasteiger charge is -2.32. The maximum Gasteiger partial charge on any atom is 0.495 e. The van der Waals surface area contributed by atoms with E-state index in [0.29, 0.717) is 5.92 Å². The van der Waals surface area contributed by atoms with Gasteiger partial charge >= 0.3 is 7.12 Å². The summed E-state index contributed by atoms with van der Waals surface area (Å²) in [4.78, 5) is 0. The summed E-state index contributed by atoms with van der Waals surface area (Å²) in [6, 6.07) is 6.57. The molecule has 3 heteroatoms. The second-order valence-electron chi connectivity index (χ2n) is 7.39. The van der Waals surface area contributed by atoms with Crippen molar-refractivity contribution in [3.63, 3.8) is 0 Å². The topological polar surface area (TPSA) is 18.5 Å². The highest BCUT2D eigenvalue weighted by Gasteiger charge is 2.52. The van der Waals surface area contributed by atoms with Crippen LogP contribution in [-0.2, 0) is 15.7 Å². The molecule has 1 fully saturated rings. The van der Waals surface area contributed by atoms with Crippen LogP contribution < -0.4 is 5.46 Å². The lowest BCUT2D eigenvalue weighted by molar-refractivity contribution is 0.00578. The Morgan fingerprint density at radius 1 is 1.05 bits per heavy atom. The average Bonchev–Trinajstić information content (AvgIpc) is 2.46. The summed E-state index contributed by atoms with van der Waals surface area (Å²) in [6.45, 7) is 15.0. The molecule has 0 radical (unpaired) electrons. The van der Waals surface area contributed by atoms with Gasteiger partial charge in [-0.05, 0) is 58.0 Å². The summed E-state index contributed by atoms with van der Waals surface area (Å²) in [5, 5.41) is 0. The predicted octanol–water partition coefficient (Wildman–Crippen LogP) is 3.49. The van der Waals surface area contributed by atoms with Gasteiger partial charge in [0.2, 0.25) is 0 Å². The molecule has 0 unspecified atom stereocenters. The molecule has 0 aromatic heterocycles. The summed E-state index contributed by atoms with van der Waals surface area (Å²) in [7, 11) is -0.255. The maximum atomic E-state index is 6.19. The van der Waals surface area contributed by atoms with Gasteiger partial charge in [0.15, 0.2) is 0 Å². The van der Waals surface area contributed by atoms with E-state index < -0.39 is 0 Å². The third kappa shape index (κ3) is 2.94. The van der Waals surface area contributed by atoms with Crippen molar-refractivity contribution in [3.05, 3.63) is 29.3 Å². The summed E-state index contributed by atoms with van der Waals surface area (Å²) in [6.07, 6.45) is 1.06. The predicted molar refractivity (Wildman–Crippen MR) is 85.4 cm³/mol. The van der Waals surface area contributed by atoms with Crippen molar-refractivity contribution in [2.45, 2.75) is 66.1 Å². The van der Waals surface area contributed by atoms with Crippen LogP contribution in [-0.4, -0.2) is 18.3 Å². The van der Waals surface area contributed by atoms with Crippen LogP contribution in [0.1, 0.15) is 52.7 Å². The molecule has 2 nitrogen and oxygen atoms in total. The van der Waals surface area contributed by atoms with Crippen LogP contribution in [0.15, 0.2) is 18.2 Å². The summed E-state index contributed by atoms with van der Waals surface area (Å²) < 4.78 is 12.4. The Labute approximate surface area is 124 Å². The van der Waals surface area contributed by atoms with E-state index in [-0.39, 0.29) is 18.3 Å². The van der Waals surface area contributed by atoms with Gasteiger partial charge in [-0.15, -0.1) is 0 Å². The molecule has 0 bridgehead atoms. The smallest absolute Gasteiger partial charge is 0.399 e. The number of hydrogen-bond donors (Lipinski definition) is 0. The summed E-state index contributed by atoms with van der Waals surface area (Å²) in [5.41, 5.74) is 3.26. The van der Waals surface area contributed by atoms with Crippen LogP contribution in [0.3, 0.4) is 0 Å². The zero-order chi connectivity index (χ0) is 15.1. The first-order chi connectivity index (χ1) is 9.12. The van der Waals surface area contributed by atoms with E-state index in [4.69, 9.17) is 9.31 Å². The molecular weight excluding hydrogens is 247 g/mol. The summed E-state index contributed by atoms with van der Waals surface area (Å²) >= 11 is 0. The van der Waals surface area contributed by atoms with Gasteiger partial charge in [-0.3, -0.25) is 0 Å². The van der Waals surface area contributed by atoms with Crippen molar-refractivity contribution in [3.8, 4) is 0 Å². The first-order valence-electron chi connectivity index (χ1n) is 7.57. The van der Waals surface area contributed by atoms with E-state index >= 15 is 0 Å². The minimum atomic E-state index is -0.280. The van der Waals surface area contributed by atoms with Gasteiger partial charge in [0.25, 0.3) is 0 Å². The highest BCUT2D eigenvalue weighted by Crippen LogP contribution is 2.36. The lowest BCUT2D eigenvalue weighted by atomic mass is 9.74. The molecule has 0 aliphatic carbocycles. The van der Waals surface area contributed by atoms with Crippen LogP contribution in [0, 0.1) is 12.8 Å². The molecule has 1 saturated heterocycles. The molecule has 0 saturated carbocycles. The summed E-state index contributed by atoms with van der Waals surface area (Å²) in [5.74, 6) is 0.623. The quantitative estimate of drug-likeness (QED) is 0.785. The highest BCUT2D eigenvalue weighted by atomic mass is 16.7. The second kappa shape index (κ2) is 5.20. The molecule has 0 N–H and O–H groups in total. The average molecular weight is 274 g/mol. The van der Waals surface area contributed by atoms with Crippen LogP contribution in [0.4, 0.5) is 0 Å². The molecule has 0 atom stereocenters.